The first-order valence-electron chi connectivity index (χ1n) is 8.04. The van der Waals surface area contributed by atoms with Crippen LogP contribution in [-0.4, -0.2) is 16.0 Å². The Bertz CT molecular complexity index is 610. The van der Waals surface area contributed by atoms with E-state index in [1.54, 1.807) is 0 Å². The zero-order chi connectivity index (χ0) is 16.9. The molecule has 0 saturated heterocycles. The van der Waals surface area contributed by atoms with Gasteiger partial charge in [0.05, 0.1) is 12.6 Å². The summed E-state index contributed by atoms with van der Waals surface area (Å²) in [6.07, 6.45) is 1.95. The van der Waals surface area contributed by atoms with Gasteiger partial charge in [-0.05, 0) is 35.1 Å². The third-order valence-electron chi connectivity index (χ3n) is 3.94. The second-order valence-corrected chi connectivity index (χ2v) is 6.90. The third-order valence-corrected chi connectivity index (χ3v) is 3.94. The van der Waals surface area contributed by atoms with E-state index in [0.717, 1.165) is 11.3 Å². The minimum Gasteiger partial charge on any atom is -0.388 e. The average molecular weight is 314 g/mol. The first-order valence-corrected chi connectivity index (χ1v) is 8.04. The van der Waals surface area contributed by atoms with Gasteiger partial charge in [-0.15, -0.1) is 0 Å². The van der Waals surface area contributed by atoms with Gasteiger partial charge in [0.25, 0.3) is 0 Å². The van der Waals surface area contributed by atoms with E-state index in [1.807, 2.05) is 42.6 Å². The van der Waals surface area contributed by atoms with Crippen molar-refractivity contribution in [3.63, 3.8) is 0 Å². The fourth-order valence-corrected chi connectivity index (χ4v) is 2.40. The number of carbonyl (C=O) groups excluding carboxylic acids is 1. The highest BCUT2D eigenvalue weighted by Gasteiger charge is 2.15. The first kappa shape index (κ1) is 17.3. The number of aliphatic hydroxyl groups excluding tert-OH is 1. The third kappa shape index (κ3) is 5.25. The molecule has 1 atom stereocenters. The monoisotopic (exact) mass is 314 g/mol. The Hall–Kier alpha value is -2.07. The number of hydrogen-bond donors (Lipinski definition) is 3. The predicted octanol–water partition coefficient (Wildman–Crippen LogP) is 3.44. The minimum atomic E-state index is -0.611. The number of benzene rings is 1. The van der Waals surface area contributed by atoms with Crippen molar-refractivity contribution in [2.75, 3.05) is 0 Å². The molecule has 2 rings (SSSR count). The van der Waals surface area contributed by atoms with Crippen molar-refractivity contribution in [3.8, 4) is 0 Å². The maximum atomic E-state index is 11.8. The van der Waals surface area contributed by atoms with E-state index in [4.69, 9.17) is 0 Å². The lowest BCUT2D eigenvalue weighted by Gasteiger charge is -2.20. The Morgan fingerprint density at radius 1 is 1.22 bits per heavy atom. The lowest BCUT2D eigenvalue weighted by molar-refractivity contribution is -0.121. The Morgan fingerprint density at radius 2 is 1.91 bits per heavy atom. The van der Waals surface area contributed by atoms with Crippen LogP contribution in [0.2, 0.25) is 0 Å². The van der Waals surface area contributed by atoms with Gasteiger partial charge in [0.2, 0.25) is 5.91 Å². The van der Waals surface area contributed by atoms with Gasteiger partial charge >= 0.3 is 0 Å². The van der Waals surface area contributed by atoms with E-state index in [2.05, 4.69) is 31.1 Å². The van der Waals surface area contributed by atoms with Crippen LogP contribution in [0.15, 0.2) is 42.6 Å². The summed E-state index contributed by atoms with van der Waals surface area (Å²) in [5.41, 5.74) is 3.16. The van der Waals surface area contributed by atoms with E-state index in [9.17, 15) is 9.90 Å². The maximum absolute atomic E-state index is 11.8. The fraction of sp³-hybridized carbons (Fsp3) is 0.421. The number of aromatic nitrogens is 1. The van der Waals surface area contributed by atoms with Crippen molar-refractivity contribution in [2.45, 2.75) is 51.7 Å². The van der Waals surface area contributed by atoms with E-state index in [0.29, 0.717) is 19.4 Å². The smallest absolute Gasteiger partial charge is 0.220 e. The zero-order valence-corrected chi connectivity index (χ0v) is 14.1. The molecule has 23 heavy (non-hydrogen) atoms. The van der Waals surface area contributed by atoms with Crippen LogP contribution in [0.5, 0.6) is 0 Å². The van der Waals surface area contributed by atoms with Crippen LogP contribution in [0.4, 0.5) is 0 Å². The van der Waals surface area contributed by atoms with Gasteiger partial charge in [0.1, 0.15) is 0 Å². The summed E-state index contributed by atoms with van der Waals surface area (Å²) in [7, 11) is 0. The van der Waals surface area contributed by atoms with Crippen molar-refractivity contribution in [3.05, 3.63) is 59.4 Å². The topological polar surface area (TPSA) is 65.1 Å². The van der Waals surface area contributed by atoms with Crippen LogP contribution in [-0.2, 0) is 16.8 Å². The highest BCUT2D eigenvalue weighted by Crippen LogP contribution is 2.25. The van der Waals surface area contributed by atoms with Gasteiger partial charge in [-0.3, -0.25) is 4.79 Å². The van der Waals surface area contributed by atoms with Crippen LogP contribution in [0.25, 0.3) is 0 Å². The zero-order valence-electron chi connectivity index (χ0n) is 14.1. The van der Waals surface area contributed by atoms with E-state index in [-0.39, 0.29) is 11.3 Å². The quantitative estimate of drug-likeness (QED) is 0.764. The summed E-state index contributed by atoms with van der Waals surface area (Å²) in [5.74, 6) is -0.0510. The Labute approximate surface area is 137 Å². The van der Waals surface area contributed by atoms with Crippen LogP contribution in [0.3, 0.4) is 0 Å². The van der Waals surface area contributed by atoms with Gasteiger partial charge in [-0.2, -0.15) is 0 Å². The Balaban J connectivity index is 1.79. The molecule has 0 aliphatic heterocycles. The summed E-state index contributed by atoms with van der Waals surface area (Å²) in [4.78, 5) is 14.9. The predicted molar refractivity (Wildman–Crippen MR) is 92.0 cm³/mol. The number of rotatable bonds is 6. The summed E-state index contributed by atoms with van der Waals surface area (Å²) < 4.78 is 0. The van der Waals surface area contributed by atoms with E-state index >= 15 is 0 Å². The molecular weight excluding hydrogens is 288 g/mol. The molecule has 0 bridgehead atoms. The van der Waals surface area contributed by atoms with Crippen LogP contribution < -0.4 is 5.32 Å². The number of H-pyrrole nitrogens is 1. The summed E-state index contributed by atoms with van der Waals surface area (Å²) in [6, 6.07) is 11.8. The van der Waals surface area contributed by atoms with Crippen molar-refractivity contribution < 1.29 is 9.90 Å². The number of aromatic amines is 1. The normalized spacial score (nSPS) is 12.9. The molecule has 1 aromatic heterocycles. The second-order valence-electron chi connectivity index (χ2n) is 6.90. The molecule has 0 spiro atoms. The maximum Gasteiger partial charge on any atom is 0.220 e. The summed E-state index contributed by atoms with van der Waals surface area (Å²) in [5, 5.41) is 13.1. The molecular formula is C19H26N2O2. The molecule has 1 amide bonds. The van der Waals surface area contributed by atoms with Gasteiger partial charge < -0.3 is 15.4 Å². The van der Waals surface area contributed by atoms with Gasteiger partial charge in [-0.1, -0.05) is 45.0 Å². The minimum absolute atomic E-state index is 0.0510. The average Bonchev–Trinajstić information content (AvgIpc) is 3.03. The number of carbonyl (C=O) groups is 1. The number of nitrogens with one attached hydrogen (secondary N) is 2. The molecule has 0 radical (unpaired) electrons. The molecule has 0 fully saturated rings. The van der Waals surface area contributed by atoms with Crippen molar-refractivity contribution in [2.24, 2.45) is 0 Å². The SMILES string of the molecule is CC(C)(C)c1ccc([C@H](O)CCC(=O)NCc2ccc[nH]2)cc1. The highest BCUT2D eigenvalue weighted by molar-refractivity contribution is 5.75. The second kappa shape index (κ2) is 7.47. The Kier molecular flexibility index (Phi) is 5.61. The van der Waals surface area contributed by atoms with Crippen LogP contribution in [0, 0.1) is 0 Å². The summed E-state index contributed by atoms with van der Waals surface area (Å²) in [6.45, 7) is 6.97. The van der Waals surface area contributed by atoms with Gasteiger partial charge in [0, 0.05) is 18.3 Å². The first-order chi connectivity index (χ1) is 10.9. The molecule has 124 valence electrons. The molecule has 0 aliphatic rings. The molecule has 0 aliphatic carbocycles. The van der Waals surface area contributed by atoms with Gasteiger partial charge in [0.15, 0.2) is 0 Å². The molecule has 4 nitrogen and oxygen atoms in total. The fourth-order valence-electron chi connectivity index (χ4n) is 2.40. The number of hydrogen-bond acceptors (Lipinski definition) is 2. The Morgan fingerprint density at radius 3 is 2.48 bits per heavy atom. The highest BCUT2D eigenvalue weighted by atomic mass is 16.3. The van der Waals surface area contributed by atoms with Crippen LogP contribution in [0.1, 0.15) is 56.5 Å². The number of aliphatic hydroxyl groups is 1. The van der Waals surface area contributed by atoms with Gasteiger partial charge in [-0.25, -0.2) is 0 Å². The molecule has 2 aromatic rings. The molecule has 1 aromatic carbocycles. The largest absolute Gasteiger partial charge is 0.388 e. The lowest BCUT2D eigenvalue weighted by atomic mass is 9.86. The van der Waals surface area contributed by atoms with Crippen molar-refractivity contribution in [1.82, 2.24) is 10.3 Å². The molecule has 4 heteroatoms. The lowest BCUT2D eigenvalue weighted by Crippen LogP contribution is -2.23. The van der Waals surface area contributed by atoms with E-state index in [1.165, 1.54) is 5.56 Å². The summed E-state index contributed by atoms with van der Waals surface area (Å²) >= 11 is 0. The molecule has 3 N–H and O–H groups in total. The van der Waals surface area contributed by atoms with E-state index < -0.39 is 6.10 Å². The molecule has 0 unspecified atom stereocenters. The van der Waals surface area contributed by atoms with Crippen molar-refractivity contribution in [1.29, 1.82) is 0 Å². The molecule has 1 heterocycles. The van der Waals surface area contributed by atoms with Crippen LogP contribution >= 0.6 is 0 Å². The number of amides is 1. The molecule has 0 saturated carbocycles. The van der Waals surface area contributed by atoms with Crippen molar-refractivity contribution >= 4 is 5.91 Å². The standard InChI is InChI=1S/C19H26N2O2/c1-19(2,3)15-8-6-14(7-9-15)17(22)10-11-18(23)21-13-16-5-4-12-20-16/h4-9,12,17,20,22H,10-11,13H2,1-3H3,(H,21,23)/t17-/m1/s1.